The van der Waals surface area contributed by atoms with Gasteiger partial charge in [-0.05, 0) is 19.8 Å². The van der Waals surface area contributed by atoms with Gasteiger partial charge in [0.05, 0.1) is 12.1 Å². The van der Waals surface area contributed by atoms with E-state index in [4.69, 9.17) is 4.74 Å². The Labute approximate surface area is 84.6 Å². The van der Waals surface area contributed by atoms with Crippen LogP contribution in [0.1, 0.15) is 19.8 Å². The largest absolute Gasteiger partial charge is 0.377 e. The van der Waals surface area contributed by atoms with Gasteiger partial charge in [0.25, 0.3) is 0 Å². The van der Waals surface area contributed by atoms with Gasteiger partial charge < -0.3 is 15.0 Å². The Morgan fingerprint density at radius 2 is 2.29 bits per heavy atom. The molecule has 0 radical (unpaired) electrons. The molecule has 0 aromatic rings. The zero-order chi connectivity index (χ0) is 10.1. The normalized spacial score (nSPS) is 38.3. The van der Waals surface area contributed by atoms with Crippen molar-refractivity contribution < 1.29 is 9.53 Å². The van der Waals surface area contributed by atoms with Gasteiger partial charge in [0.15, 0.2) is 0 Å². The Hall–Kier alpha value is -0.610. The van der Waals surface area contributed by atoms with Gasteiger partial charge >= 0.3 is 0 Å². The smallest absolute Gasteiger partial charge is 0.239 e. The van der Waals surface area contributed by atoms with E-state index in [0.717, 1.165) is 26.0 Å². The van der Waals surface area contributed by atoms with Crippen LogP contribution in [0, 0.1) is 0 Å². The summed E-state index contributed by atoms with van der Waals surface area (Å²) in [6.07, 6.45) is 2.20. The summed E-state index contributed by atoms with van der Waals surface area (Å²) >= 11 is 0. The zero-order valence-electron chi connectivity index (χ0n) is 8.82. The average molecular weight is 198 g/mol. The van der Waals surface area contributed by atoms with Gasteiger partial charge in [0.2, 0.25) is 5.91 Å². The fourth-order valence-corrected chi connectivity index (χ4v) is 2.19. The highest BCUT2D eigenvalue weighted by Crippen LogP contribution is 2.16. The maximum atomic E-state index is 11.6. The lowest BCUT2D eigenvalue weighted by atomic mass is 10.1. The molecule has 0 spiro atoms. The number of carbonyl (C=O) groups excluding carboxylic acids is 1. The van der Waals surface area contributed by atoms with Crippen LogP contribution in [0.15, 0.2) is 0 Å². The topological polar surface area (TPSA) is 41.6 Å². The van der Waals surface area contributed by atoms with Crippen LogP contribution in [0.2, 0.25) is 0 Å². The molecule has 2 aliphatic heterocycles. The Morgan fingerprint density at radius 3 is 2.79 bits per heavy atom. The molecule has 0 aliphatic carbocycles. The highest BCUT2D eigenvalue weighted by molar-refractivity contribution is 5.83. The second kappa shape index (κ2) is 3.87. The minimum Gasteiger partial charge on any atom is -0.377 e. The molecule has 0 saturated carbocycles. The number of likely N-dealkylation sites (N-methyl/N-ethyl adjacent to an activating group) is 1. The summed E-state index contributed by atoms with van der Waals surface area (Å²) < 4.78 is 5.45. The molecule has 2 saturated heterocycles. The molecule has 1 amide bonds. The zero-order valence-corrected chi connectivity index (χ0v) is 8.82. The van der Waals surface area contributed by atoms with E-state index in [1.807, 2.05) is 7.05 Å². The first kappa shape index (κ1) is 9.93. The summed E-state index contributed by atoms with van der Waals surface area (Å²) in [4.78, 5) is 13.4. The summed E-state index contributed by atoms with van der Waals surface area (Å²) in [7, 11) is 1.86. The summed E-state index contributed by atoms with van der Waals surface area (Å²) in [5.41, 5.74) is 0. The molecule has 0 aromatic carbocycles. The monoisotopic (exact) mass is 198 g/mol. The molecule has 0 aromatic heterocycles. The number of amides is 1. The van der Waals surface area contributed by atoms with Crippen LogP contribution in [0.25, 0.3) is 0 Å². The van der Waals surface area contributed by atoms with Crippen molar-refractivity contribution >= 4 is 5.91 Å². The summed E-state index contributed by atoms with van der Waals surface area (Å²) in [6.45, 7) is 3.75. The second-order valence-electron chi connectivity index (χ2n) is 4.24. The van der Waals surface area contributed by atoms with E-state index in [9.17, 15) is 4.79 Å². The van der Waals surface area contributed by atoms with Gasteiger partial charge in [-0.3, -0.25) is 4.79 Å². The minimum absolute atomic E-state index is 0.0224. The van der Waals surface area contributed by atoms with Gasteiger partial charge in [-0.15, -0.1) is 0 Å². The van der Waals surface area contributed by atoms with Crippen LogP contribution in [0.3, 0.4) is 0 Å². The summed E-state index contributed by atoms with van der Waals surface area (Å²) in [6, 6.07) is 0.379. The fraction of sp³-hybridized carbons (Fsp3) is 0.900. The number of ether oxygens (including phenoxy) is 1. The number of hydrogen-bond acceptors (Lipinski definition) is 3. The number of rotatable bonds is 2. The quantitative estimate of drug-likeness (QED) is 0.678. The number of nitrogens with zero attached hydrogens (tertiary/aromatic N) is 1. The standard InChI is InChI=1S/C10H18N2O2/c1-7-8(4-6-14-7)11-9-3-5-12(2)10(9)13/h7-9,11H,3-6H2,1-2H3/t7-,8-,9?/m1/s1. The molecule has 4 nitrogen and oxygen atoms in total. The Bertz CT molecular complexity index is 232. The van der Waals surface area contributed by atoms with Crippen LogP contribution in [0.4, 0.5) is 0 Å². The van der Waals surface area contributed by atoms with Crippen molar-refractivity contribution in [3.63, 3.8) is 0 Å². The first-order valence-corrected chi connectivity index (χ1v) is 5.31. The third-order valence-electron chi connectivity index (χ3n) is 3.22. The number of carbonyl (C=O) groups is 1. The first-order chi connectivity index (χ1) is 6.68. The van der Waals surface area contributed by atoms with E-state index in [2.05, 4.69) is 12.2 Å². The van der Waals surface area contributed by atoms with Crippen LogP contribution in [-0.2, 0) is 9.53 Å². The maximum Gasteiger partial charge on any atom is 0.239 e. The maximum absolute atomic E-state index is 11.6. The molecule has 2 heterocycles. The van der Waals surface area contributed by atoms with Crippen molar-refractivity contribution in [2.24, 2.45) is 0 Å². The SMILES string of the molecule is C[C@H]1OCC[C@H]1NC1CCN(C)C1=O. The molecule has 1 unspecified atom stereocenters. The lowest BCUT2D eigenvalue weighted by molar-refractivity contribution is -0.128. The summed E-state index contributed by atoms with van der Waals surface area (Å²) in [5, 5.41) is 3.39. The van der Waals surface area contributed by atoms with Gasteiger partial charge in [-0.25, -0.2) is 0 Å². The van der Waals surface area contributed by atoms with E-state index < -0.39 is 0 Å². The van der Waals surface area contributed by atoms with Crippen molar-refractivity contribution in [1.82, 2.24) is 10.2 Å². The van der Waals surface area contributed by atoms with E-state index in [0.29, 0.717) is 6.04 Å². The molecule has 2 rings (SSSR count). The lowest BCUT2D eigenvalue weighted by Gasteiger charge is -2.20. The van der Waals surface area contributed by atoms with Crippen molar-refractivity contribution in [2.45, 2.75) is 38.0 Å². The molecule has 80 valence electrons. The fourth-order valence-electron chi connectivity index (χ4n) is 2.19. The van der Waals surface area contributed by atoms with E-state index in [1.165, 1.54) is 0 Å². The molecular formula is C10H18N2O2. The Balaban J connectivity index is 1.88. The van der Waals surface area contributed by atoms with Crippen molar-refractivity contribution in [2.75, 3.05) is 20.2 Å². The lowest BCUT2D eigenvalue weighted by Crippen LogP contribution is -2.45. The van der Waals surface area contributed by atoms with Gasteiger partial charge in [0, 0.05) is 26.2 Å². The first-order valence-electron chi connectivity index (χ1n) is 5.31. The Kier molecular flexibility index (Phi) is 2.74. The molecular weight excluding hydrogens is 180 g/mol. The number of nitrogens with one attached hydrogen (secondary N) is 1. The van der Waals surface area contributed by atoms with E-state index in [-0.39, 0.29) is 18.1 Å². The predicted molar refractivity (Wildman–Crippen MR) is 53.0 cm³/mol. The van der Waals surface area contributed by atoms with Crippen molar-refractivity contribution in [1.29, 1.82) is 0 Å². The van der Waals surface area contributed by atoms with Crippen molar-refractivity contribution in [3.05, 3.63) is 0 Å². The Morgan fingerprint density at radius 1 is 1.50 bits per heavy atom. The molecule has 4 heteroatoms. The van der Waals surface area contributed by atoms with Crippen LogP contribution in [0.5, 0.6) is 0 Å². The summed E-state index contributed by atoms with van der Waals surface area (Å²) in [5.74, 6) is 0.226. The molecule has 2 fully saturated rings. The van der Waals surface area contributed by atoms with E-state index in [1.54, 1.807) is 4.90 Å². The second-order valence-corrected chi connectivity index (χ2v) is 4.24. The highest BCUT2D eigenvalue weighted by Gasteiger charge is 2.33. The minimum atomic E-state index is 0.0224. The third kappa shape index (κ3) is 1.77. The highest BCUT2D eigenvalue weighted by atomic mass is 16.5. The number of hydrogen-bond donors (Lipinski definition) is 1. The molecule has 2 aliphatic rings. The molecule has 1 N–H and O–H groups in total. The van der Waals surface area contributed by atoms with Crippen LogP contribution >= 0.6 is 0 Å². The van der Waals surface area contributed by atoms with Crippen LogP contribution in [-0.4, -0.2) is 49.2 Å². The van der Waals surface area contributed by atoms with Crippen LogP contribution < -0.4 is 5.32 Å². The molecule has 3 atom stereocenters. The van der Waals surface area contributed by atoms with E-state index >= 15 is 0 Å². The van der Waals surface area contributed by atoms with Gasteiger partial charge in [-0.1, -0.05) is 0 Å². The molecule has 0 bridgehead atoms. The molecule has 14 heavy (non-hydrogen) atoms. The predicted octanol–water partition coefficient (Wildman–Crippen LogP) is -0.0159. The third-order valence-corrected chi connectivity index (χ3v) is 3.22. The average Bonchev–Trinajstić information content (AvgIpc) is 2.68. The van der Waals surface area contributed by atoms with Gasteiger partial charge in [0.1, 0.15) is 0 Å². The van der Waals surface area contributed by atoms with Crippen molar-refractivity contribution in [3.8, 4) is 0 Å². The van der Waals surface area contributed by atoms with Gasteiger partial charge in [-0.2, -0.15) is 0 Å². The number of likely N-dealkylation sites (tertiary alicyclic amines) is 1.